The maximum atomic E-state index is 12.8. The van der Waals surface area contributed by atoms with E-state index in [0.29, 0.717) is 27.0 Å². The predicted octanol–water partition coefficient (Wildman–Crippen LogP) is 15.1. The second-order valence-electron chi connectivity index (χ2n) is 17.5. The first-order chi connectivity index (χ1) is 42.8. The van der Waals surface area contributed by atoms with Crippen LogP contribution in [0.5, 0.6) is 0 Å². The summed E-state index contributed by atoms with van der Waals surface area (Å²) in [5.74, 6) is -17.8. The predicted molar refractivity (Wildman–Crippen MR) is 345 cm³/mol. The quantitative estimate of drug-likeness (QED) is 0.0314. The van der Waals surface area contributed by atoms with Crippen molar-refractivity contribution in [2.24, 2.45) is 0 Å². The van der Waals surface area contributed by atoms with E-state index in [0.717, 1.165) is 6.07 Å². The van der Waals surface area contributed by atoms with Gasteiger partial charge in [0.1, 0.15) is 32.8 Å². The van der Waals surface area contributed by atoms with E-state index in [2.05, 4.69) is 11.5 Å². The zero-order chi connectivity index (χ0) is 73.7. The van der Waals surface area contributed by atoms with Gasteiger partial charge < -0.3 is 103 Å². The number of alkyl halides is 5. The van der Waals surface area contributed by atoms with Crippen LogP contribution in [0.15, 0.2) is 42.5 Å². The van der Waals surface area contributed by atoms with Crippen molar-refractivity contribution in [1.82, 2.24) is 0 Å². The Bertz CT molecular complexity index is 3150. The van der Waals surface area contributed by atoms with Gasteiger partial charge in [-0.2, -0.15) is 13.2 Å². The van der Waals surface area contributed by atoms with Gasteiger partial charge in [0.05, 0.1) is 86.9 Å². The van der Waals surface area contributed by atoms with Crippen molar-refractivity contribution in [1.29, 1.82) is 0 Å². The summed E-state index contributed by atoms with van der Waals surface area (Å²) in [6.07, 6.45) is -6.95. The molecule has 43 heteroatoms. The SMILES string of the molecule is Cc1cc(N)c(C(F)(F)F)cc1N.Nc1c(F)c(F)c(F)c(N)c1Cl.Nc1c(F)c(F)c(N)c(Cl)c1F.Nc1c(F)c(F)c(N)c(F)c1F.Nc1c(N)c(Cl)c(Cl)c(N)c1Cl.Nc1c(N)c(Cl)c(F)c(N)c1F.Nc1cc(Cl)c(N)c(Cl)c1.Nc1cc(N)cc(C(F)F)c1. The van der Waals surface area contributed by atoms with Crippen LogP contribution in [0.4, 0.5) is 177 Å². The molecule has 0 unspecified atom stereocenters. The van der Waals surface area contributed by atoms with Crippen LogP contribution >= 0.6 is 92.8 Å². The monoisotopic (exact) mass is 1510 g/mol. The molecular weight excluding hydrogens is 1470 g/mol. The minimum atomic E-state index is -4.44. The number of hydrogen-bond donors (Lipinski definition) is 18. The third kappa shape index (κ3) is 20.6. The zero-order valence-electron chi connectivity index (χ0n) is 46.5. The van der Waals surface area contributed by atoms with Gasteiger partial charge in [0.25, 0.3) is 6.43 Å². The molecule has 516 valence electrons. The fourth-order valence-corrected chi connectivity index (χ4v) is 7.56. The Morgan fingerprint density at radius 3 is 0.947 bits per heavy atom. The Morgan fingerprint density at radius 1 is 0.277 bits per heavy atom. The Labute approximate surface area is 558 Å². The van der Waals surface area contributed by atoms with Crippen LogP contribution in [0.25, 0.3) is 0 Å². The van der Waals surface area contributed by atoms with Crippen LogP contribution in [0.2, 0.25) is 40.2 Å². The molecule has 0 radical (unpaired) electrons. The lowest BCUT2D eigenvalue weighted by molar-refractivity contribution is -0.136. The molecule has 0 atom stereocenters. The third-order valence-corrected chi connectivity index (χ3v) is 14.0. The molecule has 0 heterocycles. The Kier molecular flexibility index (Phi) is 30.5. The number of anilines is 18. The van der Waals surface area contributed by atoms with Crippen LogP contribution in [-0.2, 0) is 6.18 Å². The molecule has 94 heavy (non-hydrogen) atoms. The molecule has 0 amide bonds. The summed E-state index contributed by atoms with van der Waals surface area (Å²) < 4.78 is 212. The highest BCUT2D eigenvalue weighted by atomic mass is 35.5. The normalized spacial score (nSPS) is 10.5. The van der Waals surface area contributed by atoms with Gasteiger partial charge in [-0.3, -0.25) is 0 Å². The van der Waals surface area contributed by atoms with Crippen LogP contribution < -0.4 is 103 Å². The fourth-order valence-electron chi connectivity index (χ4n) is 5.86. The van der Waals surface area contributed by atoms with Gasteiger partial charge in [0.2, 0.25) is 0 Å². The summed E-state index contributed by atoms with van der Waals surface area (Å²) in [6, 6.07) is 9.04. The lowest BCUT2D eigenvalue weighted by atomic mass is 10.1. The average molecular weight is 1520 g/mol. The molecule has 0 saturated carbocycles. The van der Waals surface area contributed by atoms with E-state index in [1.807, 2.05) is 0 Å². The largest absolute Gasteiger partial charge is 0.418 e. The summed E-state index contributed by atoms with van der Waals surface area (Å²) in [5.41, 5.74) is 86.8. The van der Waals surface area contributed by atoms with Crippen LogP contribution in [0.3, 0.4) is 0 Å². The van der Waals surface area contributed by atoms with E-state index < -0.39 is 149 Å². The molecule has 8 aromatic carbocycles. The summed E-state index contributed by atoms with van der Waals surface area (Å²) in [4.78, 5) is 0. The molecular formula is C51H47Cl8F17N18. The van der Waals surface area contributed by atoms with Crippen molar-refractivity contribution in [3.63, 3.8) is 0 Å². The lowest BCUT2D eigenvalue weighted by Gasteiger charge is -2.11. The first-order valence-electron chi connectivity index (χ1n) is 23.6. The molecule has 0 saturated heterocycles. The summed E-state index contributed by atoms with van der Waals surface area (Å²) >= 11 is 44.1. The van der Waals surface area contributed by atoms with Crippen LogP contribution in [0, 0.1) is 76.7 Å². The number of nitrogen functional groups attached to an aromatic ring is 18. The van der Waals surface area contributed by atoms with Crippen LogP contribution in [0.1, 0.15) is 23.1 Å². The number of aryl methyl sites for hydroxylation is 1. The van der Waals surface area contributed by atoms with Gasteiger partial charge >= 0.3 is 6.18 Å². The molecule has 8 aromatic rings. The summed E-state index contributed by atoms with van der Waals surface area (Å²) in [5, 5.41) is -0.467. The molecule has 0 fully saturated rings. The molecule has 0 bridgehead atoms. The smallest absolute Gasteiger partial charge is 0.399 e. The van der Waals surface area contributed by atoms with Crippen LogP contribution in [-0.4, -0.2) is 0 Å². The molecule has 0 aliphatic rings. The van der Waals surface area contributed by atoms with Gasteiger partial charge in [-0.1, -0.05) is 92.8 Å². The third-order valence-electron chi connectivity index (χ3n) is 10.9. The van der Waals surface area contributed by atoms with Gasteiger partial charge in [-0.25, -0.2) is 61.5 Å². The first-order valence-corrected chi connectivity index (χ1v) is 26.6. The van der Waals surface area contributed by atoms with Crippen molar-refractivity contribution in [2.75, 3.05) is 103 Å². The number of benzene rings is 8. The standard InChI is InChI=1S/C8H9F3N2.C7H8F2N2.C6H6Cl3N3.C6H6Cl2N2.2C6H4ClF3N2.C6H6ClF2N3.C6H4F4N2/c1-4-2-7(13)5(3-6(4)12)8(9,10)11;8-7(9)4-1-5(10)3-6(11)2-4;7-1-2(8)5(11)6(12)3(9)4(1)10;7-4-1-3(9)2-5(8)6(4)10;7-1-5(11)3(9)2(8)4(10)6(1)12;7-1-2(8)6(12)4(10)3(9)5(1)11;7-1-2(8)5(11)3(9)6(12)4(1)10;7-1-2(8)6(12)4(10)3(9)5(1)11/h2-3H,12-13H2,1H3;1-3,7H,10-11H2;10-12H2;1-2H,9-10H2;2*11-12H2;10-12H2;11-12H2. The van der Waals surface area contributed by atoms with E-state index in [9.17, 15) is 74.6 Å². The average Bonchev–Trinajstić information content (AvgIpc) is 0.953. The van der Waals surface area contributed by atoms with Gasteiger partial charge in [0, 0.05) is 34.0 Å². The van der Waals surface area contributed by atoms with Gasteiger partial charge in [-0.05, 0) is 55.0 Å². The van der Waals surface area contributed by atoms with Crippen molar-refractivity contribution < 1.29 is 74.6 Å². The highest BCUT2D eigenvalue weighted by Crippen LogP contribution is 2.44. The number of rotatable bonds is 1. The van der Waals surface area contributed by atoms with E-state index in [1.165, 1.54) is 24.3 Å². The number of hydrogen-bond acceptors (Lipinski definition) is 18. The number of nitrogens with two attached hydrogens (primary N) is 18. The number of halogens is 25. The van der Waals surface area contributed by atoms with E-state index in [1.54, 1.807) is 19.1 Å². The van der Waals surface area contributed by atoms with E-state index >= 15 is 0 Å². The molecule has 0 aromatic heterocycles. The van der Waals surface area contributed by atoms with Crippen molar-refractivity contribution in [2.45, 2.75) is 19.5 Å². The molecule has 18 nitrogen and oxygen atoms in total. The summed E-state index contributed by atoms with van der Waals surface area (Å²) in [7, 11) is 0. The Morgan fingerprint density at radius 2 is 0.564 bits per heavy atom. The molecule has 0 aliphatic heterocycles. The highest BCUT2D eigenvalue weighted by Gasteiger charge is 2.33. The van der Waals surface area contributed by atoms with Crippen molar-refractivity contribution >= 4 is 195 Å². The molecule has 0 aliphatic carbocycles. The maximum absolute atomic E-state index is 12.8. The Balaban J connectivity index is 0.000000538. The summed E-state index contributed by atoms with van der Waals surface area (Å²) in [6.45, 7) is 1.60. The Hall–Kier alpha value is -8.71. The minimum Gasteiger partial charge on any atom is -0.399 e. The van der Waals surface area contributed by atoms with Gasteiger partial charge in [-0.15, -0.1) is 0 Å². The first kappa shape index (κ1) is 83.3. The zero-order valence-corrected chi connectivity index (χ0v) is 52.5. The fraction of sp³-hybridized carbons (Fsp3) is 0.0588. The molecule has 0 spiro atoms. The lowest BCUT2D eigenvalue weighted by Crippen LogP contribution is -2.10. The van der Waals surface area contributed by atoms with E-state index in [-0.39, 0.29) is 66.1 Å². The highest BCUT2D eigenvalue weighted by molar-refractivity contribution is 6.49. The van der Waals surface area contributed by atoms with E-state index in [4.69, 9.17) is 185 Å². The maximum Gasteiger partial charge on any atom is 0.418 e. The van der Waals surface area contributed by atoms with Crippen molar-refractivity contribution in [3.05, 3.63) is 169 Å². The second kappa shape index (κ2) is 34.4. The second-order valence-corrected chi connectivity index (χ2v) is 20.6. The van der Waals surface area contributed by atoms with Crippen molar-refractivity contribution in [3.8, 4) is 0 Å². The topological polar surface area (TPSA) is 468 Å². The molecule has 8 rings (SSSR count). The minimum absolute atomic E-state index is 0.0986. The van der Waals surface area contributed by atoms with Gasteiger partial charge in [0.15, 0.2) is 69.8 Å². The molecule has 36 N–H and O–H groups in total.